The summed E-state index contributed by atoms with van der Waals surface area (Å²) >= 11 is 0. The number of hydrogen-bond acceptors (Lipinski definition) is 6. The third kappa shape index (κ3) is 4.26. The molecular weight excluding hydrogens is 381 g/mol. The maximum atomic E-state index is 13.2. The van der Waals surface area contributed by atoms with E-state index in [1.165, 1.54) is 18.5 Å². The molecule has 0 radical (unpaired) electrons. The third-order valence-electron chi connectivity index (χ3n) is 4.08. The molecule has 27 heavy (non-hydrogen) atoms. The lowest BCUT2D eigenvalue weighted by Crippen LogP contribution is -2.36. The molecule has 1 aromatic heterocycles. The number of aromatic nitrogens is 2. The van der Waals surface area contributed by atoms with Crippen LogP contribution in [-0.2, 0) is 16.0 Å². The lowest BCUT2D eigenvalue weighted by Gasteiger charge is -2.30. The Morgan fingerprint density at radius 1 is 1.19 bits per heavy atom. The summed E-state index contributed by atoms with van der Waals surface area (Å²) in [6.45, 7) is 2.93. The lowest BCUT2D eigenvalue weighted by atomic mass is 10.0. The minimum Gasteiger partial charge on any atom is -0.364 e. The van der Waals surface area contributed by atoms with Gasteiger partial charge in [-0.25, -0.2) is 18.4 Å². The summed E-state index contributed by atoms with van der Waals surface area (Å²) in [6.07, 6.45) is 0.635. The highest BCUT2D eigenvalue weighted by Crippen LogP contribution is 2.37. The molecule has 0 aliphatic carbocycles. The molecule has 1 atom stereocenters. The Morgan fingerprint density at radius 3 is 2.41 bits per heavy atom. The normalized spacial score (nSPS) is 18.0. The third-order valence-corrected chi connectivity index (χ3v) is 4.96. The second-order valence-electron chi connectivity index (χ2n) is 6.34. The Balaban J connectivity index is 2.11. The van der Waals surface area contributed by atoms with Gasteiger partial charge in [0.1, 0.15) is 0 Å². The van der Waals surface area contributed by atoms with Crippen molar-refractivity contribution in [1.82, 2.24) is 9.97 Å². The summed E-state index contributed by atoms with van der Waals surface area (Å²) in [7, 11) is -3.60. The van der Waals surface area contributed by atoms with Gasteiger partial charge in [-0.05, 0) is 25.1 Å². The quantitative estimate of drug-likeness (QED) is 0.744. The Kier molecular flexibility index (Phi) is 4.94. The van der Waals surface area contributed by atoms with Gasteiger partial charge < -0.3 is 4.90 Å². The molecule has 0 saturated carbocycles. The van der Waals surface area contributed by atoms with E-state index in [9.17, 15) is 21.6 Å². The van der Waals surface area contributed by atoms with Crippen LogP contribution in [0.2, 0.25) is 0 Å². The summed E-state index contributed by atoms with van der Waals surface area (Å²) in [6, 6.07) is 3.48. The highest BCUT2D eigenvalue weighted by Gasteiger charge is 2.32. The zero-order valence-electron chi connectivity index (χ0n) is 14.6. The van der Waals surface area contributed by atoms with Crippen LogP contribution in [0.5, 0.6) is 0 Å². The van der Waals surface area contributed by atoms with Gasteiger partial charge >= 0.3 is 6.18 Å². The van der Waals surface area contributed by atoms with E-state index < -0.39 is 21.6 Å². The van der Waals surface area contributed by atoms with Crippen molar-refractivity contribution in [3.63, 3.8) is 0 Å². The number of rotatable bonds is 3. The van der Waals surface area contributed by atoms with Crippen molar-refractivity contribution in [2.24, 2.45) is 4.99 Å². The molecule has 1 aliphatic heterocycles. The van der Waals surface area contributed by atoms with Crippen LogP contribution in [0.15, 0.2) is 40.7 Å². The van der Waals surface area contributed by atoms with Crippen LogP contribution in [0.4, 0.5) is 18.9 Å². The number of anilines is 1. The first-order chi connectivity index (χ1) is 12.6. The van der Waals surface area contributed by atoms with Crippen LogP contribution in [-0.4, -0.2) is 50.0 Å². The van der Waals surface area contributed by atoms with Gasteiger partial charge in [-0.1, -0.05) is 0 Å². The molecule has 6 nitrogen and oxygen atoms in total. The van der Waals surface area contributed by atoms with Gasteiger partial charge in [0.25, 0.3) is 0 Å². The second-order valence-corrected chi connectivity index (χ2v) is 8.25. The molecule has 1 aromatic carbocycles. The molecule has 1 aliphatic rings. The van der Waals surface area contributed by atoms with Gasteiger partial charge in [0, 0.05) is 48.2 Å². The van der Waals surface area contributed by atoms with Crippen LogP contribution >= 0.6 is 0 Å². The number of halogens is 3. The topological polar surface area (TPSA) is 75.5 Å². The van der Waals surface area contributed by atoms with Crippen molar-refractivity contribution in [1.29, 1.82) is 0 Å². The molecule has 0 amide bonds. The van der Waals surface area contributed by atoms with Crippen LogP contribution in [0.25, 0.3) is 11.1 Å². The summed E-state index contributed by atoms with van der Waals surface area (Å²) in [5, 5.41) is -0.376. The van der Waals surface area contributed by atoms with Crippen molar-refractivity contribution in [2.45, 2.75) is 24.3 Å². The average molecular weight is 398 g/mol. The number of hydrogen-bond donors (Lipinski definition) is 0. The number of nitrogens with zero attached hydrogens (tertiary/aromatic N) is 4. The van der Waals surface area contributed by atoms with Crippen LogP contribution in [0.3, 0.4) is 0 Å². The zero-order chi connectivity index (χ0) is 19.8. The highest BCUT2D eigenvalue weighted by molar-refractivity contribution is 7.90. The van der Waals surface area contributed by atoms with Crippen LogP contribution < -0.4 is 4.90 Å². The minimum absolute atomic E-state index is 0.0118. The fraction of sp³-hybridized carbons (Fsp3) is 0.353. The first-order valence-electron chi connectivity index (χ1n) is 8.06. The zero-order valence-corrected chi connectivity index (χ0v) is 15.4. The highest BCUT2D eigenvalue weighted by atomic mass is 32.2. The first kappa shape index (κ1) is 19.3. The van der Waals surface area contributed by atoms with Gasteiger partial charge in [0.05, 0.1) is 18.2 Å². The van der Waals surface area contributed by atoms with Crippen LogP contribution in [0, 0.1) is 0 Å². The molecule has 0 fully saturated rings. The van der Waals surface area contributed by atoms with E-state index in [-0.39, 0.29) is 16.8 Å². The maximum absolute atomic E-state index is 13.2. The first-order valence-corrected chi connectivity index (χ1v) is 9.95. The van der Waals surface area contributed by atoms with Gasteiger partial charge in [0.2, 0.25) is 15.0 Å². The fourth-order valence-corrected chi connectivity index (χ4v) is 3.32. The van der Waals surface area contributed by atoms with Crippen molar-refractivity contribution in [2.75, 3.05) is 24.2 Å². The van der Waals surface area contributed by atoms with E-state index in [2.05, 4.69) is 15.0 Å². The van der Waals surface area contributed by atoms with Crippen LogP contribution in [0.1, 0.15) is 12.5 Å². The number of alkyl halides is 3. The smallest absolute Gasteiger partial charge is 0.364 e. The molecule has 0 spiro atoms. The predicted molar refractivity (Wildman–Crippen MR) is 95.7 cm³/mol. The molecule has 2 heterocycles. The molecule has 10 heteroatoms. The van der Waals surface area contributed by atoms with Crippen molar-refractivity contribution < 1.29 is 21.6 Å². The molecular formula is C17H17F3N4O2S. The SMILES string of the molecule is CC1CN(c2ccc(C(F)(F)F)cc2-c2cnc(S(C)(=O)=O)nc2)CC=N1. The van der Waals surface area contributed by atoms with E-state index in [1.54, 1.807) is 6.21 Å². The largest absolute Gasteiger partial charge is 0.416 e. The molecule has 0 N–H and O–H groups in total. The monoisotopic (exact) mass is 398 g/mol. The molecule has 1 unspecified atom stereocenters. The second kappa shape index (κ2) is 6.91. The van der Waals surface area contributed by atoms with E-state index in [1.807, 2.05) is 11.8 Å². The summed E-state index contributed by atoms with van der Waals surface area (Å²) in [5.74, 6) is 0. The maximum Gasteiger partial charge on any atom is 0.416 e. The summed E-state index contributed by atoms with van der Waals surface area (Å²) in [4.78, 5) is 13.8. The average Bonchev–Trinajstić information content (AvgIpc) is 2.60. The van der Waals surface area contributed by atoms with Crippen molar-refractivity contribution in [3.05, 3.63) is 36.2 Å². The standard InChI is InChI=1S/C17H17F3N4O2S/c1-11-10-24(6-5-21-11)15-4-3-13(17(18,19)20)7-14(15)12-8-22-16(23-9-12)27(2,25)26/h3-5,7-9,11H,6,10H2,1-2H3. The van der Waals surface area contributed by atoms with Crippen molar-refractivity contribution in [3.8, 4) is 11.1 Å². The number of sulfone groups is 1. The van der Waals surface area contributed by atoms with E-state index in [4.69, 9.17) is 0 Å². The Labute approximate surface area is 154 Å². The Hall–Kier alpha value is -2.49. The number of aliphatic imine (C=N–C) groups is 1. The van der Waals surface area contributed by atoms with E-state index in [0.29, 0.717) is 24.3 Å². The van der Waals surface area contributed by atoms with E-state index >= 15 is 0 Å². The Morgan fingerprint density at radius 2 is 1.85 bits per heavy atom. The molecule has 0 bridgehead atoms. The molecule has 144 valence electrons. The Bertz CT molecular complexity index is 973. The van der Waals surface area contributed by atoms with Gasteiger partial charge in [-0.15, -0.1) is 0 Å². The van der Waals surface area contributed by atoms with Gasteiger partial charge in [-0.2, -0.15) is 13.2 Å². The minimum atomic E-state index is -4.50. The molecule has 0 saturated heterocycles. The van der Waals surface area contributed by atoms with Gasteiger partial charge in [0.15, 0.2) is 0 Å². The van der Waals surface area contributed by atoms with E-state index in [0.717, 1.165) is 18.4 Å². The lowest BCUT2D eigenvalue weighted by molar-refractivity contribution is -0.137. The number of benzene rings is 1. The van der Waals surface area contributed by atoms with Gasteiger partial charge in [-0.3, -0.25) is 4.99 Å². The fourth-order valence-electron chi connectivity index (χ4n) is 2.83. The summed E-state index contributed by atoms with van der Waals surface area (Å²) in [5.41, 5.74) is 0.370. The predicted octanol–water partition coefficient (Wildman–Crippen LogP) is 2.85. The molecule has 3 rings (SSSR count). The van der Waals surface area contributed by atoms with Crippen molar-refractivity contribution >= 4 is 21.7 Å². The summed E-state index contributed by atoms with van der Waals surface area (Å²) < 4.78 is 62.6. The molecule has 2 aromatic rings.